The zero-order valence-corrected chi connectivity index (χ0v) is 14.3. The predicted molar refractivity (Wildman–Crippen MR) is 93.9 cm³/mol. The van der Waals surface area contributed by atoms with Gasteiger partial charge in [-0.05, 0) is 43.4 Å². The fourth-order valence-corrected chi connectivity index (χ4v) is 2.87. The van der Waals surface area contributed by atoms with Crippen LogP contribution >= 0.6 is 12.2 Å². The SMILES string of the molecule is COc1ccccc1NC(=S)NNS(=O)(=O)c1ccc(C)cc1. The van der Waals surface area contributed by atoms with Gasteiger partial charge in [0.05, 0.1) is 17.7 Å². The fraction of sp³-hybridized carbons (Fsp3) is 0.133. The molecule has 0 saturated heterocycles. The highest BCUT2D eigenvalue weighted by atomic mass is 32.2. The summed E-state index contributed by atoms with van der Waals surface area (Å²) in [6.07, 6.45) is 0. The lowest BCUT2D eigenvalue weighted by Gasteiger charge is -2.14. The lowest BCUT2D eigenvalue weighted by atomic mass is 10.2. The Morgan fingerprint density at radius 3 is 2.39 bits per heavy atom. The van der Waals surface area contributed by atoms with Gasteiger partial charge in [0, 0.05) is 0 Å². The van der Waals surface area contributed by atoms with E-state index in [1.165, 1.54) is 19.2 Å². The summed E-state index contributed by atoms with van der Waals surface area (Å²) >= 11 is 5.08. The maximum Gasteiger partial charge on any atom is 0.257 e. The molecule has 122 valence electrons. The summed E-state index contributed by atoms with van der Waals surface area (Å²) in [4.78, 5) is 2.38. The quantitative estimate of drug-likeness (QED) is 0.566. The van der Waals surface area contributed by atoms with Crippen LogP contribution < -0.4 is 20.3 Å². The van der Waals surface area contributed by atoms with E-state index in [1.807, 2.05) is 19.1 Å². The van der Waals surface area contributed by atoms with Crippen molar-refractivity contribution in [3.8, 4) is 5.75 Å². The number of methoxy groups -OCH3 is 1. The van der Waals surface area contributed by atoms with Gasteiger partial charge in [0.1, 0.15) is 5.75 Å². The van der Waals surface area contributed by atoms with Crippen molar-refractivity contribution in [1.82, 2.24) is 10.3 Å². The van der Waals surface area contributed by atoms with Crippen LogP contribution in [0.15, 0.2) is 53.4 Å². The summed E-state index contributed by atoms with van der Waals surface area (Å²) in [5.41, 5.74) is 4.07. The number of rotatable bonds is 5. The minimum atomic E-state index is -3.70. The Kier molecular flexibility index (Phi) is 5.54. The number of hydrogen-bond acceptors (Lipinski definition) is 4. The predicted octanol–water partition coefficient (Wildman–Crippen LogP) is 2.18. The fourth-order valence-electron chi connectivity index (χ4n) is 1.79. The van der Waals surface area contributed by atoms with E-state index in [9.17, 15) is 8.42 Å². The van der Waals surface area contributed by atoms with Gasteiger partial charge in [0.2, 0.25) is 0 Å². The lowest BCUT2D eigenvalue weighted by Crippen LogP contribution is -2.43. The molecule has 0 amide bonds. The number of sulfonamides is 1. The topological polar surface area (TPSA) is 79.5 Å². The third-order valence-electron chi connectivity index (χ3n) is 2.99. The van der Waals surface area contributed by atoms with Gasteiger partial charge >= 0.3 is 0 Å². The van der Waals surface area contributed by atoms with Gasteiger partial charge in [-0.2, -0.15) is 0 Å². The van der Waals surface area contributed by atoms with E-state index in [4.69, 9.17) is 17.0 Å². The van der Waals surface area contributed by atoms with E-state index in [2.05, 4.69) is 15.6 Å². The second kappa shape index (κ2) is 7.40. The minimum Gasteiger partial charge on any atom is -0.495 e. The molecule has 0 aliphatic rings. The molecule has 0 aliphatic carbocycles. The molecule has 23 heavy (non-hydrogen) atoms. The van der Waals surface area contributed by atoms with Gasteiger partial charge in [-0.25, -0.2) is 8.42 Å². The van der Waals surface area contributed by atoms with Crippen LogP contribution in [0.4, 0.5) is 5.69 Å². The van der Waals surface area contributed by atoms with Crippen LogP contribution in [0.1, 0.15) is 5.56 Å². The molecule has 2 rings (SSSR count). The summed E-state index contributed by atoms with van der Waals surface area (Å²) in [6, 6.07) is 13.7. The van der Waals surface area contributed by atoms with Crippen molar-refractivity contribution in [2.24, 2.45) is 0 Å². The van der Waals surface area contributed by atoms with Gasteiger partial charge in [0.15, 0.2) is 5.11 Å². The second-order valence-electron chi connectivity index (χ2n) is 4.70. The van der Waals surface area contributed by atoms with Crippen molar-refractivity contribution in [2.45, 2.75) is 11.8 Å². The number of hydrogen-bond donors (Lipinski definition) is 3. The van der Waals surface area contributed by atoms with E-state index in [-0.39, 0.29) is 10.0 Å². The molecule has 0 aliphatic heterocycles. The van der Waals surface area contributed by atoms with Gasteiger partial charge in [-0.1, -0.05) is 29.8 Å². The number of aryl methyl sites for hydroxylation is 1. The second-order valence-corrected chi connectivity index (χ2v) is 6.79. The molecule has 3 N–H and O–H groups in total. The largest absolute Gasteiger partial charge is 0.495 e. The van der Waals surface area contributed by atoms with Crippen molar-refractivity contribution in [2.75, 3.05) is 12.4 Å². The van der Waals surface area contributed by atoms with E-state index >= 15 is 0 Å². The Morgan fingerprint density at radius 1 is 1.09 bits per heavy atom. The maximum absolute atomic E-state index is 12.1. The van der Waals surface area contributed by atoms with Gasteiger partial charge in [0.25, 0.3) is 10.0 Å². The molecular formula is C15H17N3O3S2. The molecule has 2 aromatic carbocycles. The molecule has 0 atom stereocenters. The summed E-state index contributed by atoms with van der Waals surface area (Å²) < 4.78 is 29.5. The Labute approximate surface area is 140 Å². The molecule has 0 spiro atoms. The molecule has 0 saturated carbocycles. The number of para-hydroxylation sites is 2. The molecule has 6 nitrogen and oxygen atoms in total. The average Bonchev–Trinajstić information content (AvgIpc) is 2.54. The summed E-state index contributed by atoms with van der Waals surface area (Å²) in [6.45, 7) is 1.88. The number of anilines is 1. The monoisotopic (exact) mass is 351 g/mol. The molecule has 0 radical (unpaired) electrons. The molecule has 0 unspecified atom stereocenters. The standard InChI is InChI=1S/C15H17N3O3S2/c1-11-7-9-12(10-8-11)23(19,20)18-17-15(22)16-13-5-3-4-6-14(13)21-2/h3-10,18H,1-2H3,(H2,16,17,22). The van der Waals surface area contributed by atoms with Crippen molar-refractivity contribution in [3.63, 3.8) is 0 Å². The van der Waals surface area contributed by atoms with Crippen LogP contribution in [-0.4, -0.2) is 20.6 Å². The number of thiocarbonyl (C=S) groups is 1. The van der Waals surface area contributed by atoms with Crippen LogP contribution in [0.3, 0.4) is 0 Å². The summed E-state index contributed by atoms with van der Waals surface area (Å²) in [5.74, 6) is 0.595. The Bertz CT molecular complexity index is 790. The first kappa shape index (κ1) is 17.2. The number of hydrazine groups is 1. The Morgan fingerprint density at radius 2 is 1.74 bits per heavy atom. The summed E-state index contributed by atoms with van der Waals surface area (Å²) in [7, 11) is -2.16. The number of ether oxygens (including phenoxy) is 1. The van der Waals surface area contributed by atoms with E-state index in [1.54, 1.807) is 24.3 Å². The van der Waals surface area contributed by atoms with Crippen LogP contribution in [-0.2, 0) is 10.0 Å². The van der Waals surface area contributed by atoms with Crippen molar-refractivity contribution in [3.05, 3.63) is 54.1 Å². The average molecular weight is 351 g/mol. The Hall–Kier alpha value is -2.16. The van der Waals surface area contributed by atoms with Crippen molar-refractivity contribution < 1.29 is 13.2 Å². The Balaban J connectivity index is 2.00. The molecule has 0 aromatic heterocycles. The van der Waals surface area contributed by atoms with E-state index < -0.39 is 10.0 Å². The zero-order chi connectivity index (χ0) is 16.9. The molecule has 0 fully saturated rings. The smallest absolute Gasteiger partial charge is 0.257 e. The third-order valence-corrected chi connectivity index (χ3v) is 4.45. The minimum absolute atomic E-state index is 0.102. The highest BCUT2D eigenvalue weighted by molar-refractivity contribution is 7.89. The first-order valence-corrected chi connectivity index (χ1v) is 8.60. The van der Waals surface area contributed by atoms with Crippen LogP contribution in [0.25, 0.3) is 0 Å². The van der Waals surface area contributed by atoms with Crippen LogP contribution in [0.2, 0.25) is 0 Å². The van der Waals surface area contributed by atoms with Gasteiger partial charge in [-0.3, -0.25) is 5.43 Å². The molecule has 0 bridgehead atoms. The first-order chi connectivity index (χ1) is 10.9. The number of benzene rings is 2. The van der Waals surface area contributed by atoms with E-state index in [0.717, 1.165) is 5.56 Å². The van der Waals surface area contributed by atoms with E-state index in [0.29, 0.717) is 11.4 Å². The normalized spacial score (nSPS) is 10.9. The molecule has 8 heteroatoms. The summed E-state index contributed by atoms with van der Waals surface area (Å²) in [5, 5.41) is 2.97. The number of nitrogens with one attached hydrogen (secondary N) is 3. The first-order valence-electron chi connectivity index (χ1n) is 6.71. The molecule has 2 aromatic rings. The molecule has 0 heterocycles. The maximum atomic E-state index is 12.1. The van der Waals surface area contributed by atoms with Crippen LogP contribution in [0, 0.1) is 6.92 Å². The highest BCUT2D eigenvalue weighted by Gasteiger charge is 2.14. The zero-order valence-electron chi connectivity index (χ0n) is 12.7. The highest BCUT2D eigenvalue weighted by Crippen LogP contribution is 2.22. The molecular weight excluding hydrogens is 334 g/mol. The van der Waals surface area contributed by atoms with Gasteiger partial charge < -0.3 is 10.1 Å². The van der Waals surface area contributed by atoms with Crippen molar-refractivity contribution in [1.29, 1.82) is 0 Å². The van der Waals surface area contributed by atoms with Crippen LogP contribution in [0.5, 0.6) is 5.75 Å². The third kappa shape index (κ3) is 4.65. The lowest BCUT2D eigenvalue weighted by molar-refractivity contribution is 0.417. The van der Waals surface area contributed by atoms with Crippen molar-refractivity contribution >= 4 is 33.0 Å². The van der Waals surface area contributed by atoms with Gasteiger partial charge in [-0.15, -0.1) is 4.83 Å².